The maximum absolute atomic E-state index is 12.6. The number of hydrogen-bond acceptors (Lipinski definition) is 5. The van der Waals surface area contributed by atoms with Crippen LogP contribution >= 0.6 is 11.3 Å². The number of carbonyl (C=O) groups is 3. The summed E-state index contributed by atoms with van der Waals surface area (Å²) >= 11 is 1.39. The van der Waals surface area contributed by atoms with Gasteiger partial charge in [-0.25, -0.2) is 4.98 Å². The van der Waals surface area contributed by atoms with Crippen LogP contribution in [0, 0.1) is 5.92 Å². The lowest BCUT2D eigenvalue weighted by Gasteiger charge is -2.31. The Kier molecular flexibility index (Phi) is 5.85. The van der Waals surface area contributed by atoms with Crippen LogP contribution in [-0.2, 0) is 9.59 Å². The van der Waals surface area contributed by atoms with Gasteiger partial charge < -0.3 is 14.9 Å². The Hall–Kier alpha value is -2.74. The highest BCUT2D eigenvalue weighted by Crippen LogP contribution is 2.24. The second-order valence-electron chi connectivity index (χ2n) is 6.56. The number of likely N-dealkylation sites (tertiary alicyclic amines) is 1. The van der Waals surface area contributed by atoms with E-state index in [0.29, 0.717) is 31.6 Å². The summed E-state index contributed by atoms with van der Waals surface area (Å²) in [5.74, 6) is -1.68. The lowest BCUT2D eigenvalue weighted by atomic mass is 9.97. The highest BCUT2D eigenvalue weighted by Gasteiger charge is 2.28. The normalized spacial score (nSPS) is 14.8. The Morgan fingerprint density at radius 1 is 1.22 bits per heavy atom. The number of thiazole rings is 1. The first kappa shape index (κ1) is 19.0. The van der Waals surface area contributed by atoms with E-state index in [2.05, 4.69) is 4.98 Å². The van der Waals surface area contributed by atoms with Gasteiger partial charge in [-0.1, -0.05) is 30.3 Å². The zero-order valence-electron chi connectivity index (χ0n) is 15.0. The molecule has 2 amide bonds. The zero-order valence-corrected chi connectivity index (χ0v) is 15.8. The van der Waals surface area contributed by atoms with Gasteiger partial charge in [0, 0.05) is 31.1 Å². The lowest BCUT2D eigenvalue weighted by molar-refractivity contribution is -0.145. The molecule has 1 saturated heterocycles. The van der Waals surface area contributed by atoms with E-state index in [4.69, 9.17) is 5.11 Å². The van der Waals surface area contributed by atoms with E-state index >= 15 is 0 Å². The second kappa shape index (κ2) is 8.30. The molecule has 0 radical (unpaired) electrons. The molecule has 7 nitrogen and oxygen atoms in total. The molecule has 27 heavy (non-hydrogen) atoms. The molecule has 8 heteroatoms. The number of carbonyl (C=O) groups excluding carboxylic acids is 2. The van der Waals surface area contributed by atoms with Gasteiger partial charge in [-0.3, -0.25) is 14.4 Å². The van der Waals surface area contributed by atoms with Crippen molar-refractivity contribution in [2.75, 3.05) is 26.7 Å². The molecule has 0 atom stereocenters. The van der Waals surface area contributed by atoms with Gasteiger partial charge in [-0.2, -0.15) is 0 Å². The molecular weight excluding hydrogens is 366 g/mol. The number of aromatic nitrogens is 1. The van der Waals surface area contributed by atoms with Crippen molar-refractivity contribution in [2.45, 2.75) is 12.8 Å². The van der Waals surface area contributed by atoms with E-state index in [9.17, 15) is 14.4 Å². The van der Waals surface area contributed by atoms with Crippen molar-refractivity contribution in [3.8, 4) is 10.6 Å². The molecule has 142 valence electrons. The quantitative estimate of drug-likeness (QED) is 0.849. The Labute approximate surface area is 161 Å². The van der Waals surface area contributed by atoms with Crippen LogP contribution in [-0.4, -0.2) is 64.4 Å². The standard InChI is InChI=1S/C19H21N3O4S/c1-21(11-16(23)22-9-7-14(8-10-22)19(25)26)18(24)15-12-27-17(20-15)13-5-3-2-4-6-13/h2-6,12,14H,7-11H2,1H3,(H,25,26). The number of benzene rings is 1. The molecule has 0 unspecified atom stereocenters. The van der Waals surface area contributed by atoms with Crippen molar-refractivity contribution >= 4 is 29.1 Å². The van der Waals surface area contributed by atoms with Crippen LogP contribution in [0.3, 0.4) is 0 Å². The second-order valence-corrected chi connectivity index (χ2v) is 7.42. The van der Waals surface area contributed by atoms with Crippen LogP contribution < -0.4 is 0 Å². The predicted molar refractivity (Wildman–Crippen MR) is 101 cm³/mol. The third kappa shape index (κ3) is 4.51. The Morgan fingerprint density at radius 3 is 2.52 bits per heavy atom. The number of aliphatic carboxylic acids is 1. The van der Waals surface area contributed by atoms with Crippen LogP contribution in [0.1, 0.15) is 23.3 Å². The van der Waals surface area contributed by atoms with Gasteiger partial charge in [0.1, 0.15) is 10.7 Å². The number of carboxylic acid groups (broad SMARTS) is 1. The number of carboxylic acids is 1. The molecule has 1 aromatic heterocycles. The van der Waals surface area contributed by atoms with E-state index in [1.54, 1.807) is 17.3 Å². The highest BCUT2D eigenvalue weighted by atomic mass is 32.1. The smallest absolute Gasteiger partial charge is 0.306 e. The third-order valence-electron chi connectivity index (χ3n) is 4.66. The van der Waals surface area contributed by atoms with Gasteiger partial charge in [0.05, 0.1) is 12.5 Å². The van der Waals surface area contributed by atoms with Crippen molar-refractivity contribution in [1.82, 2.24) is 14.8 Å². The topological polar surface area (TPSA) is 90.8 Å². The SMILES string of the molecule is CN(CC(=O)N1CCC(C(=O)O)CC1)C(=O)c1csc(-c2ccccc2)n1. The maximum Gasteiger partial charge on any atom is 0.306 e. The van der Waals surface area contributed by atoms with E-state index in [1.165, 1.54) is 16.2 Å². The average molecular weight is 387 g/mol. The summed E-state index contributed by atoms with van der Waals surface area (Å²) in [4.78, 5) is 43.4. The van der Waals surface area contributed by atoms with Crippen LogP contribution in [0.4, 0.5) is 0 Å². The fourth-order valence-corrected chi connectivity index (χ4v) is 3.83. The minimum absolute atomic E-state index is 0.0469. The molecule has 1 aliphatic rings. The Bertz CT molecular complexity index is 828. The molecule has 2 aromatic rings. The van der Waals surface area contributed by atoms with Crippen LogP contribution in [0.5, 0.6) is 0 Å². The summed E-state index contributed by atoms with van der Waals surface area (Å²) in [5, 5.41) is 11.5. The first-order valence-corrected chi connectivity index (χ1v) is 9.60. The summed E-state index contributed by atoms with van der Waals surface area (Å²) in [6.45, 7) is 0.772. The van der Waals surface area contributed by atoms with Crippen LogP contribution in [0.15, 0.2) is 35.7 Å². The summed E-state index contributed by atoms with van der Waals surface area (Å²) in [6.07, 6.45) is 0.899. The first-order valence-electron chi connectivity index (χ1n) is 8.72. The van der Waals surface area contributed by atoms with Gasteiger partial charge in [0.2, 0.25) is 5.91 Å². The Morgan fingerprint density at radius 2 is 1.89 bits per heavy atom. The number of nitrogens with zero attached hydrogens (tertiary/aromatic N) is 3. The van der Waals surface area contributed by atoms with Crippen molar-refractivity contribution in [3.05, 3.63) is 41.4 Å². The molecule has 0 aliphatic carbocycles. The van der Waals surface area contributed by atoms with E-state index in [-0.39, 0.29) is 24.3 Å². The van der Waals surface area contributed by atoms with E-state index in [0.717, 1.165) is 10.6 Å². The van der Waals surface area contributed by atoms with Crippen molar-refractivity contribution in [2.24, 2.45) is 5.92 Å². The summed E-state index contributed by atoms with van der Waals surface area (Å²) in [6, 6.07) is 9.61. The minimum atomic E-state index is -0.813. The number of hydrogen-bond donors (Lipinski definition) is 1. The number of piperidine rings is 1. The van der Waals surface area contributed by atoms with E-state index in [1.807, 2.05) is 30.3 Å². The molecule has 0 saturated carbocycles. The molecule has 0 bridgehead atoms. The molecule has 3 rings (SSSR count). The number of rotatable bonds is 5. The van der Waals surface area contributed by atoms with Crippen molar-refractivity contribution in [1.29, 1.82) is 0 Å². The van der Waals surface area contributed by atoms with Crippen molar-refractivity contribution < 1.29 is 19.5 Å². The van der Waals surface area contributed by atoms with Gasteiger partial charge in [0.25, 0.3) is 5.91 Å². The largest absolute Gasteiger partial charge is 0.481 e. The van der Waals surface area contributed by atoms with Gasteiger partial charge in [-0.15, -0.1) is 11.3 Å². The maximum atomic E-state index is 12.6. The van der Waals surface area contributed by atoms with Crippen LogP contribution in [0.25, 0.3) is 10.6 Å². The monoisotopic (exact) mass is 387 g/mol. The molecular formula is C19H21N3O4S. The molecule has 1 aromatic carbocycles. The predicted octanol–water partition coefficient (Wildman–Crippen LogP) is 2.21. The van der Waals surface area contributed by atoms with Gasteiger partial charge in [0.15, 0.2) is 0 Å². The number of likely N-dealkylation sites (N-methyl/N-ethyl adjacent to an activating group) is 1. The zero-order chi connectivity index (χ0) is 19.4. The fourth-order valence-electron chi connectivity index (χ4n) is 3.03. The molecule has 2 heterocycles. The molecule has 1 fully saturated rings. The summed E-state index contributed by atoms with van der Waals surface area (Å²) < 4.78 is 0. The Balaban J connectivity index is 1.57. The number of amides is 2. The average Bonchev–Trinajstić information content (AvgIpc) is 3.18. The summed E-state index contributed by atoms with van der Waals surface area (Å²) in [5.41, 5.74) is 1.26. The van der Waals surface area contributed by atoms with Crippen molar-refractivity contribution in [3.63, 3.8) is 0 Å². The minimum Gasteiger partial charge on any atom is -0.481 e. The fraction of sp³-hybridized carbons (Fsp3) is 0.368. The molecule has 1 aliphatic heterocycles. The van der Waals surface area contributed by atoms with Gasteiger partial charge >= 0.3 is 5.97 Å². The summed E-state index contributed by atoms with van der Waals surface area (Å²) in [7, 11) is 1.58. The lowest BCUT2D eigenvalue weighted by Crippen LogP contribution is -2.45. The third-order valence-corrected chi connectivity index (χ3v) is 5.55. The first-order chi connectivity index (χ1) is 13.0. The van der Waals surface area contributed by atoms with E-state index < -0.39 is 5.97 Å². The molecule has 0 spiro atoms. The molecule has 1 N–H and O–H groups in total. The van der Waals surface area contributed by atoms with Crippen LogP contribution in [0.2, 0.25) is 0 Å². The highest BCUT2D eigenvalue weighted by molar-refractivity contribution is 7.13. The van der Waals surface area contributed by atoms with Gasteiger partial charge in [-0.05, 0) is 12.8 Å².